The first-order valence-electron chi connectivity index (χ1n) is 9.59. The molecule has 5 aromatic rings. The zero-order chi connectivity index (χ0) is 20.2. The number of benzene rings is 3. The van der Waals surface area contributed by atoms with Crippen molar-refractivity contribution in [2.75, 3.05) is 0 Å². The minimum absolute atomic E-state index is 0.746. The van der Waals surface area contributed by atoms with Gasteiger partial charge in [-0.15, -0.1) is 0 Å². The lowest BCUT2D eigenvalue weighted by Gasteiger charge is -2.10. The van der Waals surface area contributed by atoms with E-state index in [2.05, 4.69) is 15.0 Å². The van der Waals surface area contributed by atoms with Gasteiger partial charge in [-0.25, -0.2) is 15.0 Å². The van der Waals surface area contributed by atoms with Gasteiger partial charge in [0.05, 0.1) is 23.4 Å². The molecule has 5 heteroatoms. The van der Waals surface area contributed by atoms with Gasteiger partial charge in [0.1, 0.15) is 17.8 Å². The van der Waals surface area contributed by atoms with Crippen LogP contribution in [-0.4, -0.2) is 19.5 Å². The van der Waals surface area contributed by atoms with Crippen LogP contribution in [0.25, 0.3) is 28.2 Å². The molecule has 0 amide bonds. The number of imidazole rings is 1. The fraction of sp³-hybridized carbons (Fsp3) is 0. The fourth-order valence-electron chi connectivity index (χ4n) is 3.26. The molecule has 0 unspecified atom stereocenters. The van der Waals surface area contributed by atoms with Crippen LogP contribution < -0.4 is 4.74 Å². The molecule has 0 aliphatic rings. The Bertz CT molecular complexity index is 1270. The van der Waals surface area contributed by atoms with Crippen molar-refractivity contribution in [3.63, 3.8) is 0 Å². The molecule has 2 aromatic heterocycles. The van der Waals surface area contributed by atoms with Gasteiger partial charge < -0.3 is 9.30 Å². The van der Waals surface area contributed by atoms with E-state index < -0.39 is 0 Å². The first kappa shape index (κ1) is 17.8. The van der Waals surface area contributed by atoms with E-state index in [1.807, 2.05) is 95.7 Å². The summed E-state index contributed by atoms with van der Waals surface area (Å²) in [4.78, 5) is 13.0. The third kappa shape index (κ3) is 3.82. The topological polar surface area (TPSA) is 52.8 Å². The Balaban J connectivity index is 1.42. The van der Waals surface area contributed by atoms with Gasteiger partial charge in [-0.05, 0) is 30.3 Å². The monoisotopic (exact) mass is 390 g/mol. The van der Waals surface area contributed by atoms with Crippen molar-refractivity contribution in [3.05, 3.63) is 110 Å². The molecule has 0 spiro atoms. The first-order valence-corrected chi connectivity index (χ1v) is 9.59. The predicted octanol–water partition coefficient (Wildman–Crippen LogP) is 5.79. The van der Waals surface area contributed by atoms with Crippen LogP contribution in [0.5, 0.6) is 11.5 Å². The second-order valence-electron chi connectivity index (χ2n) is 6.75. The van der Waals surface area contributed by atoms with Crippen LogP contribution in [0.2, 0.25) is 0 Å². The predicted molar refractivity (Wildman–Crippen MR) is 117 cm³/mol. The van der Waals surface area contributed by atoms with E-state index in [-0.39, 0.29) is 0 Å². The summed E-state index contributed by atoms with van der Waals surface area (Å²) in [5, 5.41) is 0. The van der Waals surface area contributed by atoms with Crippen LogP contribution >= 0.6 is 0 Å². The molecule has 0 saturated heterocycles. The maximum atomic E-state index is 6.12. The second kappa shape index (κ2) is 8.01. The third-order valence-corrected chi connectivity index (χ3v) is 4.72. The number of hydrogen-bond donors (Lipinski definition) is 0. The van der Waals surface area contributed by atoms with Crippen molar-refractivity contribution in [3.8, 4) is 39.7 Å². The summed E-state index contributed by atoms with van der Waals surface area (Å²) >= 11 is 0. The second-order valence-corrected chi connectivity index (χ2v) is 6.75. The zero-order valence-electron chi connectivity index (χ0n) is 16.1. The molecule has 2 heterocycles. The van der Waals surface area contributed by atoms with Gasteiger partial charge in [-0.2, -0.15) is 0 Å². The molecule has 0 N–H and O–H groups in total. The molecule has 144 valence electrons. The van der Waals surface area contributed by atoms with Crippen LogP contribution in [0.1, 0.15) is 0 Å². The molecule has 0 radical (unpaired) electrons. The van der Waals surface area contributed by atoms with Gasteiger partial charge in [0.15, 0.2) is 0 Å². The van der Waals surface area contributed by atoms with E-state index in [4.69, 9.17) is 4.74 Å². The maximum absolute atomic E-state index is 6.12. The summed E-state index contributed by atoms with van der Waals surface area (Å²) in [6.07, 6.45) is 7.01. The van der Waals surface area contributed by atoms with Crippen molar-refractivity contribution >= 4 is 0 Å². The van der Waals surface area contributed by atoms with Crippen molar-refractivity contribution in [1.29, 1.82) is 0 Å². The Hall–Kier alpha value is -4.25. The number of nitrogens with zero attached hydrogens (tertiary/aromatic N) is 4. The first-order chi connectivity index (χ1) is 14.8. The van der Waals surface area contributed by atoms with Gasteiger partial charge in [0.25, 0.3) is 0 Å². The molecule has 0 aliphatic carbocycles. The summed E-state index contributed by atoms with van der Waals surface area (Å²) in [6, 6.07) is 27.9. The molecule has 0 aliphatic heterocycles. The average Bonchev–Trinajstić information content (AvgIpc) is 3.35. The van der Waals surface area contributed by atoms with Crippen molar-refractivity contribution in [2.45, 2.75) is 0 Å². The van der Waals surface area contributed by atoms with E-state index in [0.717, 1.165) is 39.7 Å². The van der Waals surface area contributed by atoms with Gasteiger partial charge >= 0.3 is 0 Å². The van der Waals surface area contributed by atoms with Crippen LogP contribution in [0.3, 0.4) is 0 Å². The Labute approximate surface area is 174 Å². The highest BCUT2D eigenvalue weighted by molar-refractivity contribution is 5.68. The SMILES string of the molecule is c1ccc(-c2cc(-c3cccc(Oc4cccc(-n5ccnc5)c4)c3)ncn2)cc1. The van der Waals surface area contributed by atoms with E-state index >= 15 is 0 Å². The lowest BCUT2D eigenvalue weighted by atomic mass is 10.1. The van der Waals surface area contributed by atoms with Crippen LogP contribution in [-0.2, 0) is 0 Å². The summed E-state index contributed by atoms with van der Waals surface area (Å²) in [5.74, 6) is 1.50. The highest BCUT2D eigenvalue weighted by atomic mass is 16.5. The number of ether oxygens (including phenoxy) is 1. The lowest BCUT2D eigenvalue weighted by molar-refractivity contribution is 0.482. The minimum atomic E-state index is 0.746. The van der Waals surface area contributed by atoms with E-state index in [9.17, 15) is 0 Å². The smallest absolute Gasteiger partial charge is 0.129 e. The molecule has 5 rings (SSSR count). The van der Waals surface area contributed by atoms with E-state index in [1.54, 1.807) is 18.9 Å². The summed E-state index contributed by atoms with van der Waals surface area (Å²) in [6.45, 7) is 0. The number of aromatic nitrogens is 4. The van der Waals surface area contributed by atoms with E-state index in [1.165, 1.54) is 0 Å². The van der Waals surface area contributed by atoms with Crippen LogP contribution in [0, 0.1) is 0 Å². The summed E-state index contributed by atoms with van der Waals surface area (Å²) < 4.78 is 8.06. The van der Waals surface area contributed by atoms with Crippen molar-refractivity contribution in [2.24, 2.45) is 0 Å². The van der Waals surface area contributed by atoms with Gasteiger partial charge in [0, 0.05) is 29.6 Å². The molecular formula is C25H18N4O. The minimum Gasteiger partial charge on any atom is -0.457 e. The molecular weight excluding hydrogens is 372 g/mol. The molecule has 3 aromatic carbocycles. The number of hydrogen-bond acceptors (Lipinski definition) is 4. The normalized spacial score (nSPS) is 10.7. The maximum Gasteiger partial charge on any atom is 0.129 e. The summed E-state index contributed by atoms with van der Waals surface area (Å²) in [7, 11) is 0. The lowest BCUT2D eigenvalue weighted by Crippen LogP contribution is -1.92. The largest absolute Gasteiger partial charge is 0.457 e. The Morgan fingerprint density at radius 1 is 0.667 bits per heavy atom. The van der Waals surface area contributed by atoms with Crippen molar-refractivity contribution < 1.29 is 4.74 Å². The Morgan fingerprint density at radius 3 is 2.20 bits per heavy atom. The molecule has 0 bridgehead atoms. The van der Waals surface area contributed by atoms with Gasteiger partial charge in [-0.1, -0.05) is 48.5 Å². The standard InChI is InChI=1S/C25H18N4O/c1-2-6-19(7-3-1)24-16-25(28-17-27-24)20-8-4-10-22(14-20)30-23-11-5-9-21(15-23)29-13-12-26-18-29/h1-18H. The molecule has 0 fully saturated rings. The Kier molecular flexibility index (Phi) is 4.76. The van der Waals surface area contributed by atoms with Crippen LogP contribution in [0.4, 0.5) is 0 Å². The van der Waals surface area contributed by atoms with Gasteiger partial charge in [0.2, 0.25) is 0 Å². The quantitative estimate of drug-likeness (QED) is 0.381. The highest BCUT2D eigenvalue weighted by Crippen LogP contribution is 2.29. The summed E-state index contributed by atoms with van der Waals surface area (Å²) in [5.41, 5.74) is 4.76. The zero-order valence-corrected chi connectivity index (χ0v) is 16.1. The third-order valence-electron chi connectivity index (χ3n) is 4.72. The average molecular weight is 390 g/mol. The van der Waals surface area contributed by atoms with Crippen molar-refractivity contribution in [1.82, 2.24) is 19.5 Å². The molecule has 0 saturated carbocycles. The molecule has 0 atom stereocenters. The van der Waals surface area contributed by atoms with E-state index in [0.29, 0.717) is 0 Å². The van der Waals surface area contributed by atoms with Gasteiger partial charge in [-0.3, -0.25) is 0 Å². The fourth-order valence-corrected chi connectivity index (χ4v) is 3.26. The Morgan fingerprint density at radius 2 is 1.40 bits per heavy atom. The van der Waals surface area contributed by atoms with Crippen LogP contribution in [0.15, 0.2) is 110 Å². The molecule has 30 heavy (non-hydrogen) atoms. The molecule has 5 nitrogen and oxygen atoms in total. The number of rotatable bonds is 5. The highest BCUT2D eigenvalue weighted by Gasteiger charge is 2.07.